The Bertz CT molecular complexity index is 1290. The van der Waals surface area contributed by atoms with E-state index < -0.39 is 0 Å². The van der Waals surface area contributed by atoms with Crippen molar-refractivity contribution in [2.45, 2.75) is 0 Å². The molecule has 0 aliphatic rings. The van der Waals surface area contributed by atoms with Gasteiger partial charge < -0.3 is 4.98 Å². The van der Waals surface area contributed by atoms with E-state index in [1.54, 1.807) is 12.4 Å². The van der Waals surface area contributed by atoms with Crippen LogP contribution in [0.2, 0.25) is 10.0 Å². The second kappa shape index (κ2) is 8.34. The van der Waals surface area contributed by atoms with Crippen molar-refractivity contribution in [1.82, 2.24) is 19.9 Å². The van der Waals surface area contributed by atoms with E-state index in [0.717, 1.165) is 39.5 Å². The van der Waals surface area contributed by atoms with E-state index in [9.17, 15) is 0 Å². The highest BCUT2D eigenvalue weighted by Gasteiger charge is 2.19. The first-order chi connectivity index (χ1) is 15.2. The number of H-pyrrole nitrogens is 1. The molecule has 0 saturated heterocycles. The van der Waals surface area contributed by atoms with E-state index in [1.165, 1.54) is 0 Å². The van der Waals surface area contributed by atoms with Crippen molar-refractivity contribution < 1.29 is 0 Å². The molecule has 0 saturated carbocycles. The summed E-state index contributed by atoms with van der Waals surface area (Å²) in [6.07, 6.45) is 3.51. The fourth-order valence-electron chi connectivity index (χ4n) is 3.51. The molecule has 1 N–H and O–H groups in total. The molecule has 4 nitrogen and oxygen atoms in total. The number of hydrogen-bond acceptors (Lipinski definition) is 3. The van der Waals surface area contributed by atoms with Crippen LogP contribution in [0, 0.1) is 0 Å². The summed E-state index contributed by atoms with van der Waals surface area (Å²) in [6.45, 7) is 0. The molecule has 0 aliphatic carbocycles. The molecule has 0 amide bonds. The van der Waals surface area contributed by atoms with Crippen LogP contribution in [0.3, 0.4) is 0 Å². The van der Waals surface area contributed by atoms with Crippen LogP contribution in [0.1, 0.15) is 0 Å². The van der Waals surface area contributed by atoms with Crippen LogP contribution in [-0.2, 0) is 0 Å². The van der Waals surface area contributed by atoms with Crippen molar-refractivity contribution in [3.8, 4) is 45.3 Å². The third kappa shape index (κ3) is 3.83. The maximum absolute atomic E-state index is 6.51. The van der Waals surface area contributed by atoms with Gasteiger partial charge >= 0.3 is 0 Å². The first-order valence-corrected chi connectivity index (χ1v) is 10.4. The smallest absolute Gasteiger partial charge is 0.139 e. The maximum Gasteiger partial charge on any atom is 0.139 e. The van der Waals surface area contributed by atoms with Gasteiger partial charge in [-0.25, -0.2) is 4.98 Å². The number of nitrogens with one attached hydrogen (secondary N) is 1. The number of aromatic nitrogens is 4. The van der Waals surface area contributed by atoms with Crippen LogP contribution in [0.5, 0.6) is 0 Å². The van der Waals surface area contributed by atoms with Gasteiger partial charge in [-0.2, -0.15) is 0 Å². The number of aromatic amines is 1. The first-order valence-electron chi connectivity index (χ1n) is 9.68. The molecular formula is C25H16Cl2N4. The lowest BCUT2D eigenvalue weighted by atomic mass is 9.99. The van der Waals surface area contributed by atoms with Gasteiger partial charge in [-0.05, 0) is 54.1 Å². The number of pyridine rings is 2. The quantitative estimate of drug-likeness (QED) is 0.320. The molecule has 0 spiro atoms. The number of hydrogen-bond donors (Lipinski definition) is 1. The van der Waals surface area contributed by atoms with Crippen molar-refractivity contribution in [2.75, 3.05) is 0 Å². The summed E-state index contributed by atoms with van der Waals surface area (Å²) in [4.78, 5) is 17.4. The van der Waals surface area contributed by atoms with E-state index in [2.05, 4.69) is 15.0 Å². The zero-order chi connectivity index (χ0) is 21.2. The molecule has 5 aromatic rings. The highest BCUT2D eigenvalue weighted by atomic mass is 35.5. The van der Waals surface area contributed by atoms with Gasteiger partial charge in [0.15, 0.2) is 0 Å². The Morgan fingerprint density at radius 2 is 1.35 bits per heavy atom. The highest BCUT2D eigenvalue weighted by Crippen LogP contribution is 2.39. The van der Waals surface area contributed by atoms with Crippen LogP contribution in [0.15, 0.2) is 91.3 Å². The molecule has 0 atom stereocenters. The van der Waals surface area contributed by atoms with Crippen molar-refractivity contribution >= 4 is 23.2 Å². The molecular weight excluding hydrogens is 427 g/mol. The summed E-state index contributed by atoms with van der Waals surface area (Å²) in [5.74, 6) is 0.688. The molecule has 150 valence electrons. The molecule has 0 unspecified atom stereocenters. The van der Waals surface area contributed by atoms with Gasteiger partial charge in [0.25, 0.3) is 0 Å². The number of rotatable bonds is 4. The molecule has 0 bridgehead atoms. The Labute approximate surface area is 189 Å². The van der Waals surface area contributed by atoms with Crippen molar-refractivity contribution in [2.24, 2.45) is 0 Å². The van der Waals surface area contributed by atoms with E-state index in [0.29, 0.717) is 15.9 Å². The van der Waals surface area contributed by atoms with E-state index >= 15 is 0 Å². The van der Waals surface area contributed by atoms with Gasteiger partial charge in [-0.3, -0.25) is 9.97 Å². The summed E-state index contributed by atoms with van der Waals surface area (Å²) in [5.41, 5.74) is 5.75. The average molecular weight is 443 g/mol. The molecule has 0 fully saturated rings. The fraction of sp³-hybridized carbons (Fsp3) is 0. The van der Waals surface area contributed by atoms with E-state index in [4.69, 9.17) is 28.2 Å². The molecule has 0 radical (unpaired) electrons. The highest BCUT2D eigenvalue weighted by molar-refractivity contribution is 6.34. The maximum atomic E-state index is 6.51. The van der Waals surface area contributed by atoms with Crippen molar-refractivity contribution in [1.29, 1.82) is 0 Å². The van der Waals surface area contributed by atoms with Crippen LogP contribution in [-0.4, -0.2) is 19.9 Å². The minimum absolute atomic E-state index is 0.625. The second-order valence-electron chi connectivity index (χ2n) is 6.91. The Hall–Kier alpha value is -3.47. The van der Waals surface area contributed by atoms with Gasteiger partial charge in [0, 0.05) is 33.6 Å². The van der Waals surface area contributed by atoms with Crippen molar-refractivity contribution in [3.05, 3.63) is 101 Å². The van der Waals surface area contributed by atoms with E-state index in [1.807, 2.05) is 78.9 Å². The zero-order valence-corrected chi connectivity index (χ0v) is 17.8. The monoisotopic (exact) mass is 442 g/mol. The number of imidazole rings is 1. The summed E-state index contributed by atoms with van der Waals surface area (Å²) >= 11 is 12.8. The summed E-state index contributed by atoms with van der Waals surface area (Å²) in [6, 6.07) is 24.9. The molecule has 3 aromatic heterocycles. The van der Waals surface area contributed by atoms with E-state index in [-0.39, 0.29) is 0 Å². The largest absolute Gasteiger partial charge is 0.336 e. The number of nitrogens with zero attached hydrogens (tertiary/aromatic N) is 3. The minimum Gasteiger partial charge on any atom is -0.336 e. The SMILES string of the molecule is Clc1ccc(-c2nc(-c3ccccn3)c(-c3ccccn3)[nH]2)c(-c2ccccc2Cl)c1. The Morgan fingerprint density at radius 3 is 2.06 bits per heavy atom. The molecule has 31 heavy (non-hydrogen) atoms. The van der Waals surface area contributed by atoms with Crippen LogP contribution in [0.4, 0.5) is 0 Å². The third-order valence-electron chi connectivity index (χ3n) is 4.93. The summed E-state index contributed by atoms with van der Waals surface area (Å²) < 4.78 is 0. The topological polar surface area (TPSA) is 54.5 Å². The molecule has 6 heteroatoms. The Balaban J connectivity index is 1.75. The normalized spacial score (nSPS) is 10.9. The van der Waals surface area contributed by atoms with Crippen LogP contribution < -0.4 is 0 Å². The van der Waals surface area contributed by atoms with Crippen LogP contribution >= 0.6 is 23.2 Å². The second-order valence-corrected chi connectivity index (χ2v) is 7.75. The predicted molar refractivity (Wildman–Crippen MR) is 126 cm³/mol. The summed E-state index contributed by atoms with van der Waals surface area (Å²) in [7, 11) is 0. The Morgan fingerprint density at radius 1 is 0.645 bits per heavy atom. The van der Waals surface area contributed by atoms with Gasteiger partial charge in [-0.1, -0.05) is 53.5 Å². The van der Waals surface area contributed by atoms with Gasteiger partial charge in [0.05, 0.1) is 17.1 Å². The Kier molecular flexibility index (Phi) is 5.24. The lowest BCUT2D eigenvalue weighted by Crippen LogP contribution is -1.89. The van der Waals surface area contributed by atoms with Gasteiger partial charge in [-0.15, -0.1) is 0 Å². The first kappa shape index (κ1) is 19.5. The standard InChI is InChI=1S/C25H16Cl2N4/c26-16-11-12-18(19(15-16)17-7-1-2-8-20(17)27)25-30-23(21-9-3-5-13-28-21)24(31-25)22-10-4-6-14-29-22/h1-15H,(H,30,31). The van der Waals surface area contributed by atoms with Gasteiger partial charge in [0.1, 0.15) is 11.5 Å². The number of halogens is 2. The van der Waals surface area contributed by atoms with Crippen LogP contribution in [0.25, 0.3) is 45.3 Å². The minimum atomic E-state index is 0.625. The van der Waals surface area contributed by atoms with Gasteiger partial charge in [0.2, 0.25) is 0 Å². The lowest BCUT2D eigenvalue weighted by Gasteiger charge is -2.10. The zero-order valence-electron chi connectivity index (χ0n) is 16.3. The molecule has 3 heterocycles. The molecule has 0 aliphatic heterocycles. The molecule has 5 rings (SSSR count). The fourth-order valence-corrected chi connectivity index (χ4v) is 3.92. The number of benzene rings is 2. The third-order valence-corrected chi connectivity index (χ3v) is 5.50. The average Bonchev–Trinajstić information content (AvgIpc) is 3.26. The lowest BCUT2D eigenvalue weighted by molar-refractivity contribution is 1.27. The van der Waals surface area contributed by atoms with Crippen molar-refractivity contribution in [3.63, 3.8) is 0 Å². The predicted octanol–water partition coefficient (Wildman–Crippen LogP) is 7.17. The summed E-state index contributed by atoms with van der Waals surface area (Å²) in [5, 5.41) is 1.27. The molecule has 2 aromatic carbocycles.